The highest BCUT2D eigenvalue weighted by atomic mass is 32.1. The van der Waals surface area contributed by atoms with E-state index in [1.165, 1.54) is 64.3 Å². The Balaban J connectivity index is 1.52. The smallest absolute Gasteiger partial charge is 0.00683 e. The van der Waals surface area contributed by atoms with Gasteiger partial charge < -0.3 is 5.32 Å². The third kappa shape index (κ3) is 4.82. The Labute approximate surface area is 134 Å². The lowest BCUT2D eigenvalue weighted by Gasteiger charge is -2.36. The van der Waals surface area contributed by atoms with E-state index in [0.717, 1.165) is 23.8 Å². The molecule has 0 aliphatic heterocycles. The maximum absolute atomic E-state index is 3.80. The van der Waals surface area contributed by atoms with E-state index in [4.69, 9.17) is 0 Å². The summed E-state index contributed by atoms with van der Waals surface area (Å²) in [6.07, 6.45) is 12.8. The molecule has 0 aromatic carbocycles. The van der Waals surface area contributed by atoms with E-state index >= 15 is 0 Å². The van der Waals surface area contributed by atoms with Crippen LogP contribution in [0.4, 0.5) is 0 Å². The topological polar surface area (TPSA) is 12.0 Å². The van der Waals surface area contributed by atoms with Crippen LogP contribution in [0.3, 0.4) is 0 Å². The second-order valence-corrected chi connectivity index (χ2v) is 8.32. The SMILES string of the molecule is CCCC1CCC(CNC2CC2)C(CCc2cccs2)C1. The van der Waals surface area contributed by atoms with Gasteiger partial charge in [-0.25, -0.2) is 0 Å². The Bertz CT molecular complexity index is 396. The lowest BCUT2D eigenvalue weighted by molar-refractivity contribution is 0.159. The van der Waals surface area contributed by atoms with Gasteiger partial charge in [-0.15, -0.1) is 11.3 Å². The van der Waals surface area contributed by atoms with Crippen LogP contribution in [0.15, 0.2) is 17.5 Å². The third-order valence-corrected chi connectivity index (χ3v) is 6.47. The molecule has 0 radical (unpaired) electrons. The van der Waals surface area contributed by atoms with E-state index in [-0.39, 0.29) is 0 Å². The molecule has 2 heteroatoms. The van der Waals surface area contributed by atoms with E-state index in [1.54, 1.807) is 4.88 Å². The lowest BCUT2D eigenvalue weighted by Crippen LogP contribution is -2.34. The van der Waals surface area contributed by atoms with Crippen molar-refractivity contribution in [2.45, 2.75) is 70.8 Å². The highest BCUT2D eigenvalue weighted by Gasteiger charge is 2.31. The van der Waals surface area contributed by atoms with Crippen LogP contribution in [0.5, 0.6) is 0 Å². The van der Waals surface area contributed by atoms with E-state index in [1.807, 2.05) is 11.3 Å². The van der Waals surface area contributed by atoms with Crippen LogP contribution in [-0.2, 0) is 6.42 Å². The highest BCUT2D eigenvalue weighted by Crippen LogP contribution is 2.39. The van der Waals surface area contributed by atoms with Crippen molar-refractivity contribution >= 4 is 11.3 Å². The molecule has 0 bridgehead atoms. The zero-order valence-corrected chi connectivity index (χ0v) is 14.3. The Kier molecular flexibility index (Phi) is 5.76. The van der Waals surface area contributed by atoms with Gasteiger partial charge in [0.15, 0.2) is 0 Å². The molecule has 0 amide bonds. The van der Waals surface area contributed by atoms with E-state index < -0.39 is 0 Å². The molecule has 0 spiro atoms. The van der Waals surface area contributed by atoms with Gasteiger partial charge in [0.1, 0.15) is 0 Å². The number of hydrogen-bond acceptors (Lipinski definition) is 2. The van der Waals surface area contributed by atoms with Crippen molar-refractivity contribution in [1.29, 1.82) is 0 Å². The second-order valence-electron chi connectivity index (χ2n) is 7.29. The predicted octanol–water partition coefficient (Wildman–Crippen LogP) is 5.27. The van der Waals surface area contributed by atoms with Crippen molar-refractivity contribution in [3.05, 3.63) is 22.4 Å². The summed E-state index contributed by atoms with van der Waals surface area (Å²) < 4.78 is 0. The number of nitrogens with one attached hydrogen (secondary N) is 1. The van der Waals surface area contributed by atoms with Crippen LogP contribution >= 0.6 is 11.3 Å². The monoisotopic (exact) mass is 305 g/mol. The third-order valence-electron chi connectivity index (χ3n) is 5.53. The molecular weight excluding hydrogens is 274 g/mol. The first-order chi connectivity index (χ1) is 10.3. The first-order valence-corrected chi connectivity index (χ1v) is 9.99. The second kappa shape index (κ2) is 7.78. The molecule has 2 aliphatic rings. The zero-order chi connectivity index (χ0) is 14.5. The van der Waals surface area contributed by atoms with E-state index in [0.29, 0.717) is 0 Å². The maximum atomic E-state index is 3.80. The Morgan fingerprint density at radius 2 is 2.05 bits per heavy atom. The summed E-state index contributed by atoms with van der Waals surface area (Å²) in [5, 5.41) is 6.02. The molecule has 1 aromatic heterocycles. The van der Waals surface area contributed by atoms with Crippen LogP contribution in [-0.4, -0.2) is 12.6 Å². The maximum Gasteiger partial charge on any atom is 0.00683 e. The molecule has 3 rings (SSSR count). The van der Waals surface area contributed by atoms with Gasteiger partial charge in [0.05, 0.1) is 0 Å². The Hall–Kier alpha value is -0.340. The molecule has 118 valence electrons. The van der Waals surface area contributed by atoms with Crippen molar-refractivity contribution in [3.8, 4) is 0 Å². The number of thiophene rings is 1. The van der Waals surface area contributed by atoms with Crippen molar-refractivity contribution in [1.82, 2.24) is 5.32 Å². The van der Waals surface area contributed by atoms with Gasteiger partial charge in [-0.3, -0.25) is 0 Å². The molecular formula is C19H31NS. The Morgan fingerprint density at radius 3 is 2.76 bits per heavy atom. The van der Waals surface area contributed by atoms with Gasteiger partial charge >= 0.3 is 0 Å². The predicted molar refractivity (Wildman–Crippen MR) is 92.9 cm³/mol. The molecule has 3 atom stereocenters. The molecule has 0 saturated heterocycles. The van der Waals surface area contributed by atoms with Gasteiger partial charge in [0.25, 0.3) is 0 Å². The minimum absolute atomic E-state index is 0.872. The fourth-order valence-electron chi connectivity index (χ4n) is 4.10. The molecule has 21 heavy (non-hydrogen) atoms. The highest BCUT2D eigenvalue weighted by molar-refractivity contribution is 7.09. The largest absolute Gasteiger partial charge is 0.314 e. The van der Waals surface area contributed by atoms with Crippen LogP contribution < -0.4 is 5.32 Å². The van der Waals surface area contributed by atoms with E-state index in [9.17, 15) is 0 Å². The fraction of sp³-hybridized carbons (Fsp3) is 0.789. The van der Waals surface area contributed by atoms with Gasteiger partial charge in [-0.1, -0.05) is 32.3 Å². The van der Waals surface area contributed by atoms with Crippen LogP contribution in [0.25, 0.3) is 0 Å². The van der Waals surface area contributed by atoms with Crippen LogP contribution in [0, 0.1) is 17.8 Å². The molecule has 1 heterocycles. The van der Waals surface area contributed by atoms with Crippen molar-refractivity contribution in [3.63, 3.8) is 0 Å². The van der Waals surface area contributed by atoms with Crippen LogP contribution in [0.2, 0.25) is 0 Å². The molecule has 2 fully saturated rings. The number of hydrogen-bond donors (Lipinski definition) is 1. The first kappa shape index (κ1) is 15.6. The average Bonchev–Trinajstić information content (AvgIpc) is 3.18. The zero-order valence-electron chi connectivity index (χ0n) is 13.5. The van der Waals surface area contributed by atoms with Crippen molar-refractivity contribution in [2.24, 2.45) is 17.8 Å². The number of rotatable bonds is 8. The fourth-order valence-corrected chi connectivity index (χ4v) is 4.83. The van der Waals surface area contributed by atoms with Gasteiger partial charge in [0.2, 0.25) is 0 Å². The molecule has 1 nitrogen and oxygen atoms in total. The van der Waals surface area contributed by atoms with Crippen molar-refractivity contribution in [2.75, 3.05) is 6.54 Å². The Morgan fingerprint density at radius 1 is 1.14 bits per heavy atom. The summed E-state index contributed by atoms with van der Waals surface area (Å²) in [6.45, 7) is 3.64. The summed E-state index contributed by atoms with van der Waals surface area (Å²) in [4.78, 5) is 1.58. The quantitative estimate of drug-likeness (QED) is 0.690. The lowest BCUT2D eigenvalue weighted by atomic mass is 9.71. The number of aryl methyl sites for hydroxylation is 1. The minimum atomic E-state index is 0.872. The minimum Gasteiger partial charge on any atom is -0.314 e. The van der Waals surface area contributed by atoms with Gasteiger partial charge in [0, 0.05) is 10.9 Å². The summed E-state index contributed by atoms with van der Waals surface area (Å²) in [5.41, 5.74) is 0. The summed E-state index contributed by atoms with van der Waals surface area (Å²) in [7, 11) is 0. The normalized spacial score (nSPS) is 29.7. The average molecular weight is 306 g/mol. The van der Waals surface area contributed by atoms with E-state index in [2.05, 4.69) is 29.8 Å². The molecule has 1 N–H and O–H groups in total. The van der Waals surface area contributed by atoms with Crippen molar-refractivity contribution < 1.29 is 0 Å². The molecule has 2 aliphatic carbocycles. The molecule has 1 aromatic rings. The summed E-state index contributed by atoms with van der Waals surface area (Å²) in [6, 6.07) is 5.39. The van der Waals surface area contributed by atoms with Gasteiger partial charge in [-0.05, 0) is 74.3 Å². The summed E-state index contributed by atoms with van der Waals surface area (Å²) in [5.74, 6) is 2.92. The molecule has 2 saturated carbocycles. The molecule has 3 unspecified atom stereocenters. The standard InChI is InChI=1S/C19H31NS/c1-2-4-15-6-7-17(14-20-18-9-10-18)16(13-15)8-11-19-5-3-12-21-19/h3,5,12,15-18,20H,2,4,6-11,13-14H2,1H3. The van der Waals surface area contributed by atoms with Gasteiger partial charge in [-0.2, -0.15) is 0 Å². The summed E-state index contributed by atoms with van der Waals surface area (Å²) >= 11 is 1.94. The first-order valence-electron chi connectivity index (χ1n) is 9.11. The van der Waals surface area contributed by atoms with Crippen LogP contribution in [0.1, 0.15) is 63.2 Å².